The molecule has 0 bridgehead atoms. The third-order valence-electron chi connectivity index (χ3n) is 2.96. The molecule has 0 spiro atoms. The highest BCUT2D eigenvalue weighted by Crippen LogP contribution is 2.14. The minimum atomic E-state index is -0.805. The summed E-state index contributed by atoms with van der Waals surface area (Å²) in [6.07, 6.45) is 3.42. The summed E-state index contributed by atoms with van der Waals surface area (Å²) in [7, 11) is 1.30. The Bertz CT molecular complexity index is 599. The summed E-state index contributed by atoms with van der Waals surface area (Å²) >= 11 is 0. The molecule has 1 unspecified atom stereocenters. The number of carbonyl (C=O) groups excluding carboxylic acids is 2. The van der Waals surface area contributed by atoms with Crippen molar-refractivity contribution in [2.75, 3.05) is 7.11 Å². The van der Waals surface area contributed by atoms with Crippen LogP contribution in [-0.2, 0) is 20.7 Å². The molecule has 1 N–H and O–H groups in total. The molecule has 2 rings (SSSR count). The van der Waals surface area contributed by atoms with E-state index in [1.807, 2.05) is 12.1 Å². The molecule has 0 saturated carbocycles. The number of methoxy groups -OCH3 is 1. The standard InChI is InChI=1S/C16H16N2O3/c1-21-16(20)15(13-7-3-2-4-8-13)18-14(19)10-12-6-5-9-17-11-12/h2-9,11,15H,10H2,1H3,(H,18,19). The molecule has 5 nitrogen and oxygen atoms in total. The Hall–Kier alpha value is -2.69. The van der Waals surface area contributed by atoms with Gasteiger partial charge in [-0.2, -0.15) is 0 Å². The average Bonchev–Trinajstić information content (AvgIpc) is 2.53. The van der Waals surface area contributed by atoms with E-state index >= 15 is 0 Å². The summed E-state index contributed by atoms with van der Waals surface area (Å²) in [6.45, 7) is 0. The second-order valence-electron chi connectivity index (χ2n) is 4.47. The van der Waals surface area contributed by atoms with Gasteiger partial charge in [-0.3, -0.25) is 9.78 Å². The zero-order valence-corrected chi connectivity index (χ0v) is 11.7. The molecule has 1 aromatic carbocycles. The summed E-state index contributed by atoms with van der Waals surface area (Å²) in [5.74, 6) is -0.761. The molecule has 2 aromatic rings. The maximum atomic E-state index is 12.1. The molecule has 0 fully saturated rings. The SMILES string of the molecule is COC(=O)C(NC(=O)Cc1cccnc1)c1ccccc1. The van der Waals surface area contributed by atoms with Crippen molar-refractivity contribution < 1.29 is 14.3 Å². The highest BCUT2D eigenvalue weighted by atomic mass is 16.5. The van der Waals surface area contributed by atoms with Crippen molar-refractivity contribution in [2.45, 2.75) is 12.5 Å². The molecule has 0 aliphatic carbocycles. The second-order valence-corrected chi connectivity index (χ2v) is 4.47. The number of carbonyl (C=O) groups is 2. The number of ether oxygens (including phenoxy) is 1. The molecule has 1 amide bonds. The lowest BCUT2D eigenvalue weighted by atomic mass is 10.1. The van der Waals surface area contributed by atoms with E-state index in [1.54, 1.807) is 42.7 Å². The van der Waals surface area contributed by atoms with E-state index in [2.05, 4.69) is 10.3 Å². The average molecular weight is 284 g/mol. The van der Waals surface area contributed by atoms with Crippen molar-refractivity contribution in [2.24, 2.45) is 0 Å². The summed E-state index contributed by atoms with van der Waals surface area (Å²) in [5, 5.41) is 2.69. The molecular formula is C16H16N2O3. The van der Waals surface area contributed by atoms with Gasteiger partial charge in [0.1, 0.15) is 0 Å². The minimum Gasteiger partial charge on any atom is -0.467 e. The van der Waals surface area contributed by atoms with Gasteiger partial charge in [0, 0.05) is 12.4 Å². The van der Waals surface area contributed by atoms with Gasteiger partial charge >= 0.3 is 5.97 Å². The Balaban J connectivity index is 2.09. The topological polar surface area (TPSA) is 68.3 Å². The van der Waals surface area contributed by atoms with Crippen LogP contribution in [0, 0.1) is 0 Å². The second kappa shape index (κ2) is 7.19. The van der Waals surface area contributed by atoms with Gasteiger partial charge in [0.2, 0.25) is 5.91 Å². The van der Waals surface area contributed by atoms with Crippen LogP contribution in [0.4, 0.5) is 0 Å². The Morgan fingerprint density at radius 1 is 1.19 bits per heavy atom. The zero-order chi connectivity index (χ0) is 15.1. The number of benzene rings is 1. The molecule has 0 saturated heterocycles. The number of esters is 1. The van der Waals surface area contributed by atoms with Gasteiger partial charge in [-0.15, -0.1) is 0 Å². The number of rotatable bonds is 5. The first-order chi connectivity index (χ1) is 10.2. The van der Waals surface area contributed by atoms with E-state index in [1.165, 1.54) is 7.11 Å². The predicted molar refractivity (Wildman–Crippen MR) is 77.3 cm³/mol. The first kappa shape index (κ1) is 14.7. The summed E-state index contributed by atoms with van der Waals surface area (Å²) < 4.78 is 4.75. The summed E-state index contributed by atoms with van der Waals surface area (Å²) in [5.41, 5.74) is 1.47. The van der Waals surface area contributed by atoms with E-state index in [-0.39, 0.29) is 12.3 Å². The number of amides is 1. The third-order valence-corrected chi connectivity index (χ3v) is 2.96. The maximum absolute atomic E-state index is 12.1. The van der Waals surface area contributed by atoms with Gasteiger partial charge in [0.05, 0.1) is 13.5 Å². The smallest absolute Gasteiger partial charge is 0.333 e. The van der Waals surface area contributed by atoms with E-state index in [9.17, 15) is 9.59 Å². The summed E-state index contributed by atoms with van der Waals surface area (Å²) in [4.78, 5) is 27.9. The van der Waals surface area contributed by atoms with E-state index < -0.39 is 12.0 Å². The first-order valence-corrected chi connectivity index (χ1v) is 6.51. The van der Waals surface area contributed by atoms with Crippen LogP contribution < -0.4 is 5.32 Å². The maximum Gasteiger partial charge on any atom is 0.333 e. The number of nitrogens with zero attached hydrogens (tertiary/aromatic N) is 1. The van der Waals surface area contributed by atoms with Crippen molar-refractivity contribution in [1.29, 1.82) is 0 Å². The first-order valence-electron chi connectivity index (χ1n) is 6.51. The van der Waals surface area contributed by atoms with Crippen LogP contribution in [0.1, 0.15) is 17.2 Å². The van der Waals surface area contributed by atoms with Crippen LogP contribution in [0.5, 0.6) is 0 Å². The Kier molecular flexibility index (Phi) is 5.04. The van der Waals surface area contributed by atoms with E-state index in [4.69, 9.17) is 4.74 Å². The quantitative estimate of drug-likeness (QED) is 0.848. The van der Waals surface area contributed by atoms with E-state index in [0.29, 0.717) is 5.56 Å². The molecule has 21 heavy (non-hydrogen) atoms. The Morgan fingerprint density at radius 3 is 2.57 bits per heavy atom. The predicted octanol–water partition coefficient (Wildman–Crippen LogP) is 1.65. The van der Waals surface area contributed by atoms with Gasteiger partial charge in [-0.1, -0.05) is 36.4 Å². The monoisotopic (exact) mass is 284 g/mol. The molecule has 5 heteroatoms. The largest absolute Gasteiger partial charge is 0.467 e. The lowest BCUT2D eigenvalue weighted by Crippen LogP contribution is -2.35. The number of aromatic nitrogens is 1. The fourth-order valence-electron chi connectivity index (χ4n) is 1.94. The third kappa shape index (κ3) is 4.14. The molecular weight excluding hydrogens is 268 g/mol. The van der Waals surface area contributed by atoms with Gasteiger partial charge in [0.25, 0.3) is 0 Å². The lowest BCUT2D eigenvalue weighted by Gasteiger charge is -2.16. The van der Waals surface area contributed by atoms with E-state index in [0.717, 1.165) is 5.56 Å². The highest BCUT2D eigenvalue weighted by Gasteiger charge is 2.23. The number of nitrogens with one attached hydrogen (secondary N) is 1. The summed E-state index contributed by atoms with van der Waals surface area (Å²) in [6, 6.07) is 11.8. The van der Waals surface area contributed by atoms with Gasteiger partial charge in [-0.25, -0.2) is 4.79 Å². The van der Waals surface area contributed by atoms with Crippen LogP contribution in [0.15, 0.2) is 54.9 Å². The normalized spacial score (nSPS) is 11.5. The molecule has 0 aliphatic heterocycles. The van der Waals surface area contributed by atoms with Gasteiger partial charge in [0.15, 0.2) is 6.04 Å². The molecule has 1 heterocycles. The molecule has 1 atom stereocenters. The fourth-order valence-corrected chi connectivity index (χ4v) is 1.94. The number of pyridine rings is 1. The minimum absolute atomic E-state index is 0.161. The number of hydrogen-bond donors (Lipinski definition) is 1. The lowest BCUT2D eigenvalue weighted by molar-refractivity contribution is -0.145. The van der Waals surface area contributed by atoms with Crippen molar-refractivity contribution >= 4 is 11.9 Å². The molecule has 0 radical (unpaired) electrons. The van der Waals surface area contributed by atoms with Crippen LogP contribution in [0.3, 0.4) is 0 Å². The van der Waals surface area contributed by atoms with Gasteiger partial charge in [-0.05, 0) is 17.2 Å². The highest BCUT2D eigenvalue weighted by molar-refractivity contribution is 5.86. The molecule has 108 valence electrons. The van der Waals surface area contributed by atoms with Crippen molar-refractivity contribution in [3.8, 4) is 0 Å². The van der Waals surface area contributed by atoms with Crippen LogP contribution in [0.25, 0.3) is 0 Å². The van der Waals surface area contributed by atoms with Gasteiger partial charge < -0.3 is 10.1 Å². The van der Waals surface area contributed by atoms with Crippen LogP contribution in [-0.4, -0.2) is 24.0 Å². The van der Waals surface area contributed by atoms with Crippen molar-refractivity contribution in [3.63, 3.8) is 0 Å². The van der Waals surface area contributed by atoms with Crippen molar-refractivity contribution in [1.82, 2.24) is 10.3 Å². The number of hydrogen-bond acceptors (Lipinski definition) is 4. The Morgan fingerprint density at radius 2 is 1.95 bits per heavy atom. The molecule has 1 aromatic heterocycles. The Labute approximate surface area is 123 Å². The van der Waals surface area contributed by atoms with Crippen LogP contribution >= 0.6 is 0 Å². The zero-order valence-electron chi connectivity index (χ0n) is 11.7. The fraction of sp³-hybridized carbons (Fsp3) is 0.188. The van der Waals surface area contributed by atoms with Crippen molar-refractivity contribution in [3.05, 3.63) is 66.0 Å². The molecule has 0 aliphatic rings. The van der Waals surface area contributed by atoms with Crippen LogP contribution in [0.2, 0.25) is 0 Å².